The molecule has 2 aromatic carbocycles. The van der Waals surface area contributed by atoms with Crippen molar-refractivity contribution in [3.05, 3.63) is 95.3 Å². The zero-order valence-corrected chi connectivity index (χ0v) is 21.1. The van der Waals surface area contributed by atoms with E-state index in [9.17, 15) is 0 Å². The average molecular weight is 484 g/mol. The molecule has 1 aliphatic carbocycles. The molecular weight excluding hydrogens is 446 g/mol. The van der Waals surface area contributed by atoms with Gasteiger partial charge in [0, 0.05) is 62.4 Å². The maximum Gasteiger partial charge on any atom is 0.127 e. The Morgan fingerprint density at radius 3 is 2.42 bits per heavy atom. The first-order valence-corrected chi connectivity index (χ1v) is 13.5. The van der Waals surface area contributed by atoms with Crippen molar-refractivity contribution >= 4 is 0 Å². The van der Waals surface area contributed by atoms with Crippen molar-refractivity contribution in [2.45, 2.75) is 57.4 Å². The highest BCUT2D eigenvalue weighted by Crippen LogP contribution is 2.47. The maximum atomic E-state index is 6.67. The third kappa shape index (κ3) is 5.19. The molecule has 1 saturated carbocycles. The summed E-state index contributed by atoms with van der Waals surface area (Å²) in [5.41, 5.74) is 5.62. The van der Waals surface area contributed by atoms with E-state index >= 15 is 0 Å². The van der Waals surface area contributed by atoms with Crippen LogP contribution in [0.25, 0.3) is 0 Å². The molecule has 3 heterocycles. The van der Waals surface area contributed by atoms with E-state index in [1.54, 1.807) is 0 Å². The second-order valence-corrected chi connectivity index (χ2v) is 10.8. The molecular formula is C31H37N3O2. The molecule has 3 aliphatic rings. The van der Waals surface area contributed by atoms with Gasteiger partial charge in [0.15, 0.2) is 0 Å². The molecule has 2 fully saturated rings. The molecule has 1 saturated heterocycles. The molecule has 0 bridgehead atoms. The molecule has 1 N–H and O–H groups in total. The lowest BCUT2D eigenvalue weighted by atomic mass is 9.63. The zero-order valence-electron chi connectivity index (χ0n) is 21.1. The summed E-state index contributed by atoms with van der Waals surface area (Å²) in [5, 5.41) is 3.43. The van der Waals surface area contributed by atoms with Crippen LogP contribution in [-0.2, 0) is 24.3 Å². The van der Waals surface area contributed by atoms with Gasteiger partial charge in [-0.05, 0) is 42.9 Å². The first kappa shape index (κ1) is 23.7. The summed E-state index contributed by atoms with van der Waals surface area (Å²) in [7, 11) is 0. The lowest BCUT2D eigenvalue weighted by molar-refractivity contribution is -0.0506. The minimum Gasteiger partial charge on any atom is -0.490 e. The Morgan fingerprint density at radius 1 is 0.944 bits per heavy atom. The summed E-state index contributed by atoms with van der Waals surface area (Å²) in [4.78, 5) is 7.44. The predicted octanol–water partition coefficient (Wildman–Crippen LogP) is 5.31. The van der Waals surface area contributed by atoms with Crippen LogP contribution < -0.4 is 10.1 Å². The third-order valence-corrected chi connectivity index (χ3v) is 8.16. The molecule has 3 aromatic rings. The number of fused-ring (bicyclic) bond motifs is 1. The van der Waals surface area contributed by atoms with Crippen LogP contribution in [-0.4, -0.2) is 42.2 Å². The lowest BCUT2D eigenvalue weighted by Gasteiger charge is -2.54. The van der Waals surface area contributed by atoms with Gasteiger partial charge in [0.25, 0.3) is 0 Å². The van der Waals surface area contributed by atoms with Crippen LogP contribution in [0.3, 0.4) is 0 Å². The topological polar surface area (TPSA) is 46.6 Å². The number of aromatic nitrogens is 1. The van der Waals surface area contributed by atoms with Crippen molar-refractivity contribution < 1.29 is 9.47 Å². The van der Waals surface area contributed by atoms with Gasteiger partial charge >= 0.3 is 0 Å². The fourth-order valence-electron chi connectivity index (χ4n) is 6.16. The van der Waals surface area contributed by atoms with E-state index in [0.29, 0.717) is 18.1 Å². The smallest absolute Gasteiger partial charge is 0.127 e. The van der Waals surface area contributed by atoms with E-state index in [1.807, 2.05) is 12.3 Å². The fraction of sp³-hybridized carbons (Fsp3) is 0.452. The molecule has 5 nitrogen and oxygen atoms in total. The second-order valence-electron chi connectivity index (χ2n) is 10.8. The van der Waals surface area contributed by atoms with Crippen molar-refractivity contribution in [2.75, 3.05) is 26.2 Å². The molecule has 0 radical (unpaired) electrons. The fourth-order valence-corrected chi connectivity index (χ4v) is 6.16. The minimum atomic E-state index is 0.289. The van der Waals surface area contributed by atoms with E-state index in [-0.39, 0.29) is 6.04 Å². The Hall–Kier alpha value is -2.73. The van der Waals surface area contributed by atoms with Gasteiger partial charge in [0.2, 0.25) is 0 Å². The Bertz CT molecular complexity index is 1130. The summed E-state index contributed by atoms with van der Waals surface area (Å²) in [6.45, 7) is 5.70. The Labute approximate surface area is 214 Å². The van der Waals surface area contributed by atoms with E-state index in [4.69, 9.17) is 14.5 Å². The van der Waals surface area contributed by atoms with Crippen LogP contribution in [0, 0.1) is 5.41 Å². The van der Waals surface area contributed by atoms with Gasteiger partial charge in [0.05, 0.1) is 18.4 Å². The number of rotatable bonds is 10. The normalized spacial score (nSPS) is 20.9. The molecule has 2 aliphatic heterocycles. The quantitative estimate of drug-likeness (QED) is 0.396. The van der Waals surface area contributed by atoms with Gasteiger partial charge in [0.1, 0.15) is 5.75 Å². The average Bonchev–Trinajstić information content (AvgIpc) is 2.87. The molecule has 36 heavy (non-hydrogen) atoms. The predicted molar refractivity (Wildman–Crippen MR) is 142 cm³/mol. The van der Waals surface area contributed by atoms with Crippen LogP contribution in [0.4, 0.5) is 0 Å². The van der Waals surface area contributed by atoms with Gasteiger partial charge in [-0.1, -0.05) is 60.7 Å². The van der Waals surface area contributed by atoms with Crippen LogP contribution in [0.1, 0.15) is 54.1 Å². The van der Waals surface area contributed by atoms with Gasteiger partial charge in [-0.2, -0.15) is 0 Å². The van der Waals surface area contributed by atoms with Crippen LogP contribution in [0.5, 0.6) is 5.75 Å². The summed E-state index contributed by atoms with van der Waals surface area (Å²) < 4.78 is 12.7. The lowest BCUT2D eigenvalue weighted by Crippen LogP contribution is -2.62. The van der Waals surface area contributed by atoms with Crippen molar-refractivity contribution in [1.29, 1.82) is 0 Å². The van der Waals surface area contributed by atoms with E-state index < -0.39 is 0 Å². The maximum absolute atomic E-state index is 6.67. The molecule has 1 atom stereocenters. The molecule has 188 valence electrons. The Balaban J connectivity index is 1.16. The van der Waals surface area contributed by atoms with Gasteiger partial charge in [-0.15, -0.1) is 0 Å². The van der Waals surface area contributed by atoms with Crippen molar-refractivity contribution in [1.82, 2.24) is 15.2 Å². The first-order chi connectivity index (χ1) is 17.8. The molecule has 1 aromatic heterocycles. The standard InChI is InChI=1S/C31H37N3O2/c1-3-8-24(9-4-1)20-34-16-14-27-30(28(34)12-7-17-35-21-25-10-5-2-6-11-25)29(13-15-33-27)36-26-18-31(19-26)22-32-23-31/h1-6,8-11,13,15,26,28,32H,7,12,14,16-23H2. The van der Waals surface area contributed by atoms with E-state index in [1.165, 1.54) is 35.2 Å². The van der Waals surface area contributed by atoms with Gasteiger partial charge in [-0.3, -0.25) is 9.88 Å². The third-order valence-electron chi connectivity index (χ3n) is 8.16. The number of hydrogen-bond acceptors (Lipinski definition) is 5. The van der Waals surface area contributed by atoms with Gasteiger partial charge in [-0.25, -0.2) is 0 Å². The number of hydrogen-bond donors (Lipinski definition) is 1. The molecule has 5 heteroatoms. The SMILES string of the molecule is c1ccc(COCCCC2c3c(OC4CC5(CNC5)C4)ccnc3CCN2Cc2ccccc2)cc1. The highest BCUT2D eigenvalue weighted by atomic mass is 16.5. The summed E-state index contributed by atoms with van der Waals surface area (Å²) >= 11 is 0. The summed E-state index contributed by atoms with van der Waals surface area (Å²) in [6, 6.07) is 23.7. The second kappa shape index (κ2) is 10.7. The van der Waals surface area contributed by atoms with Crippen molar-refractivity contribution in [3.63, 3.8) is 0 Å². The minimum absolute atomic E-state index is 0.289. The molecule has 6 rings (SSSR count). The van der Waals surface area contributed by atoms with Crippen molar-refractivity contribution in [3.8, 4) is 5.75 Å². The van der Waals surface area contributed by atoms with E-state index in [0.717, 1.165) is 57.8 Å². The van der Waals surface area contributed by atoms with E-state index in [2.05, 4.69) is 70.9 Å². The Kier molecular flexibility index (Phi) is 7.04. The number of ether oxygens (including phenoxy) is 2. The zero-order chi connectivity index (χ0) is 24.2. The highest BCUT2D eigenvalue weighted by molar-refractivity contribution is 5.41. The molecule has 0 amide bonds. The van der Waals surface area contributed by atoms with Crippen LogP contribution in [0.15, 0.2) is 72.9 Å². The summed E-state index contributed by atoms with van der Waals surface area (Å²) in [5.74, 6) is 1.06. The number of benzene rings is 2. The van der Waals surface area contributed by atoms with Crippen molar-refractivity contribution in [2.24, 2.45) is 5.41 Å². The number of nitrogens with zero attached hydrogens (tertiary/aromatic N) is 2. The highest BCUT2D eigenvalue weighted by Gasteiger charge is 2.50. The molecule has 1 spiro atoms. The largest absolute Gasteiger partial charge is 0.490 e. The number of pyridine rings is 1. The number of nitrogens with one attached hydrogen (secondary N) is 1. The van der Waals surface area contributed by atoms with Crippen LogP contribution in [0.2, 0.25) is 0 Å². The summed E-state index contributed by atoms with van der Waals surface area (Å²) in [6.07, 6.45) is 7.63. The van der Waals surface area contributed by atoms with Gasteiger partial charge < -0.3 is 14.8 Å². The first-order valence-electron chi connectivity index (χ1n) is 13.5. The monoisotopic (exact) mass is 483 g/mol. The van der Waals surface area contributed by atoms with Crippen LogP contribution >= 0.6 is 0 Å². The Morgan fingerprint density at radius 2 is 1.69 bits per heavy atom. The molecule has 1 unspecified atom stereocenters.